The highest BCUT2D eigenvalue weighted by molar-refractivity contribution is 5.38. The molecule has 118 valence electrons. The first-order valence-corrected chi connectivity index (χ1v) is 7.91. The van der Waals surface area contributed by atoms with Crippen molar-refractivity contribution in [1.82, 2.24) is 4.90 Å². The third kappa shape index (κ3) is 4.43. The SMILES string of the molecule is CCOc1ccc(C(C)N)cc1CN(C)C1CCOCC1. The van der Waals surface area contributed by atoms with Crippen LogP contribution >= 0.6 is 0 Å². The summed E-state index contributed by atoms with van der Waals surface area (Å²) in [6.45, 7) is 7.35. The molecule has 1 aliphatic rings. The molecule has 4 nitrogen and oxygen atoms in total. The minimum atomic E-state index is 0.0489. The Bertz CT molecular complexity index is 442. The van der Waals surface area contributed by atoms with E-state index in [1.54, 1.807) is 0 Å². The van der Waals surface area contributed by atoms with Crippen molar-refractivity contribution in [2.75, 3.05) is 26.9 Å². The minimum absolute atomic E-state index is 0.0489. The highest BCUT2D eigenvalue weighted by atomic mass is 16.5. The Morgan fingerprint density at radius 1 is 1.38 bits per heavy atom. The van der Waals surface area contributed by atoms with E-state index < -0.39 is 0 Å². The van der Waals surface area contributed by atoms with E-state index in [0.717, 1.165) is 43.9 Å². The minimum Gasteiger partial charge on any atom is -0.494 e. The summed E-state index contributed by atoms with van der Waals surface area (Å²) in [6, 6.07) is 6.94. The van der Waals surface area contributed by atoms with E-state index in [0.29, 0.717) is 12.6 Å². The van der Waals surface area contributed by atoms with Crippen molar-refractivity contribution < 1.29 is 9.47 Å². The van der Waals surface area contributed by atoms with Crippen molar-refractivity contribution in [3.05, 3.63) is 29.3 Å². The summed E-state index contributed by atoms with van der Waals surface area (Å²) in [4.78, 5) is 2.41. The largest absolute Gasteiger partial charge is 0.494 e. The predicted octanol–water partition coefficient (Wildman–Crippen LogP) is 2.72. The van der Waals surface area contributed by atoms with Gasteiger partial charge in [0.2, 0.25) is 0 Å². The molecule has 0 spiro atoms. The van der Waals surface area contributed by atoms with Gasteiger partial charge in [0.15, 0.2) is 0 Å². The van der Waals surface area contributed by atoms with Crippen molar-refractivity contribution >= 4 is 0 Å². The molecule has 1 unspecified atom stereocenters. The number of nitrogens with two attached hydrogens (primary N) is 1. The average molecular weight is 292 g/mol. The first kappa shape index (κ1) is 16.3. The van der Waals surface area contributed by atoms with Crippen LogP contribution < -0.4 is 10.5 Å². The van der Waals surface area contributed by atoms with Crippen molar-refractivity contribution in [3.63, 3.8) is 0 Å². The van der Waals surface area contributed by atoms with Gasteiger partial charge >= 0.3 is 0 Å². The van der Waals surface area contributed by atoms with Gasteiger partial charge < -0.3 is 15.2 Å². The molecule has 0 aromatic heterocycles. The van der Waals surface area contributed by atoms with Gasteiger partial charge in [-0.05, 0) is 51.4 Å². The summed E-state index contributed by atoms with van der Waals surface area (Å²) in [5.74, 6) is 0.973. The smallest absolute Gasteiger partial charge is 0.123 e. The van der Waals surface area contributed by atoms with Gasteiger partial charge in [-0.25, -0.2) is 0 Å². The molecule has 21 heavy (non-hydrogen) atoms. The lowest BCUT2D eigenvalue weighted by atomic mass is 10.0. The van der Waals surface area contributed by atoms with Crippen LogP contribution in [0.25, 0.3) is 0 Å². The maximum atomic E-state index is 6.01. The van der Waals surface area contributed by atoms with Gasteiger partial charge in [0.05, 0.1) is 6.61 Å². The van der Waals surface area contributed by atoms with Gasteiger partial charge in [-0.3, -0.25) is 4.90 Å². The summed E-state index contributed by atoms with van der Waals surface area (Å²) in [5, 5.41) is 0. The molecule has 0 radical (unpaired) electrons. The molecular formula is C17H28N2O2. The van der Waals surface area contributed by atoms with Crippen molar-refractivity contribution in [2.24, 2.45) is 5.73 Å². The van der Waals surface area contributed by atoms with Gasteiger partial charge in [-0.1, -0.05) is 6.07 Å². The van der Waals surface area contributed by atoms with Gasteiger partial charge in [-0.2, -0.15) is 0 Å². The molecule has 1 atom stereocenters. The molecule has 0 aliphatic carbocycles. The van der Waals surface area contributed by atoms with Crippen LogP contribution in [0.15, 0.2) is 18.2 Å². The molecule has 1 aromatic rings. The van der Waals surface area contributed by atoms with E-state index in [4.69, 9.17) is 15.2 Å². The normalized spacial score (nSPS) is 18.0. The van der Waals surface area contributed by atoms with Crippen LogP contribution in [0.5, 0.6) is 5.75 Å². The fourth-order valence-electron chi connectivity index (χ4n) is 2.83. The Hall–Kier alpha value is -1.10. The van der Waals surface area contributed by atoms with Crippen LogP contribution in [0.4, 0.5) is 0 Å². The standard InChI is InChI=1S/C17H28N2O2/c1-4-21-17-6-5-14(13(2)18)11-15(17)12-19(3)16-7-9-20-10-8-16/h5-6,11,13,16H,4,7-10,12,18H2,1-3H3. The molecule has 1 saturated heterocycles. The lowest BCUT2D eigenvalue weighted by molar-refractivity contribution is 0.0404. The second kappa shape index (κ2) is 7.78. The Kier molecular flexibility index (Phi) is 6.03. The number of nitrogens with zero attached hydrogens (tertiary/aromatic N) is 1. The summed E-state index contributed by atoms with van der Waals surface area (Å²) in [5.41, 5.74) is 8.39. The van der Waals surface area contributed by atoms with Gasteiger partial charge in [0.1, 0.15) is 5.75 Å². The first-order valence-electron chi connectivity index (χ1n) is 7.91. The van der Waals surface area contributed by atoms with Crippen LogP contribution in [0.3, 0.4) is 0 Å². The number of hydrogen-bond acceptors (Lipinski definition) is 4. The molecule has 1 aromatic carbocycles. The average Bonchev–Trinajstić information content (AvgIpc) is 2.50. The third-order valence-corrected chi connectivity index (χ3v) is 4.14. The molecule has 1 heterocycles. The second-order valence-corrected chi connectivity index (χ2v) is 5.85. The molecule has 0 bridgehead atoms. The fourth-order valence-corrected chi connectivity index (χ4v) is 2.83. The summed E-state index contributed by atoms with van der Waals surface area (Å²) >= 11 is 0. The zero-order valence-electron chi connectivity index (χ0n) is 13.5. The second-order valence-electron chi connectivity index (χ2n) is 5.85. The van der Waals surface area contributed by atoms with Crippen LogP contribution in [0, 0.1) is 0 Å². The maximum absolute atomic E-state index is 6.01. The van der Waals surface area contributed by atoms with Crippen molar-refractivity contribution in [2.45, 2.75) is 45.3 Å². The number of benzene rings is 1. The summed E-state index contributed by atoms with van der Waals surface area (Å²) < 4.78 is 11.2. The number of rotatable bonds is 6. The summed E-state index contributed by atoms with van der Waals surface area (Å²) in [6.07, 6.45) is 2.21. The molecule has 2 rings (SSSR count). The monoisotopic (exact) mass is 292 g/mol. The maximum Gasteiger partial charge on any atom is 0.123 e. The van der Waals surface area contributed by atoms with E-state index >= 15 is 0 Å². The van der Waals surface area contributed by atoms with Crippen LogP contribution in [0.1, 0.15) is 43.9 Å². The third-order valence-electron chi connectivity index (χ3n) is 4.14. The van der Waals surface area contributed by atoms with Crippen LogP contribution in [-0.2, 0) is 11.3 Å². The van der Waals surface area contributed by atoms with Crippen LogP contribution in [0.2, 0.25) is 0 Å². The molecule has 0 saturated carbocycles. The predicted molar refractivity (Wildman–Crippen MR) is 85.5 cm³/mol. The molecular weight excluding hydrogens is 264 g/mol. The highest BCUT2D eigenvalue weighted by Crippen LogP contribution is 2.26. The molecule has 0 amide bonds. The van der Waals surface area contributed by atoms with E-state index in [9.17, 15) is 0 Å². The fraction of sp³-hybridized carbons (Fsp3) is 0.647. The van der Waals surface area contributed by atoms with Crippen molar-refractivity contribution in [1.29, 1.82) is 0 Å². The number of hydrogen-bond donors (Lipinski definition) is 1. The van der Waals surface area contributed by atoms with E-state index in [-0.39, 0.29) is 6.04 Å². The van der Waals surface area contributed by atoms with Gasteiger partial charge in [0, 0.05) is 37.4 Å². The van der Waals surface area contributed by atoms with Gasteiger partial charge in [-0.15, -0.1) is 0 Å². The summed E-state index contributed by atoms with van der Waals surface area (Å²) in [7, 11) is 2.18. The number of ether oxygens (including phenoxy) is 2. The zero-order valence-corrected chi connectivity index (χ0v) is 13.5. The quantitative estimate of drug-likeness (QED) is 0.876. The topological polar surface area (TPSA) is 47.7 Å². The zero-order chi connectivity index (χ0) is 15.2. The highest BCUT2D eigenvalue weighted by Gasteiger charge is 2.20. The molecule has 2 N–H and O–H groups in total. The van der Waals surface area contributed by atoms with Gasteiger partial charge in [0.25, 0.3) is 0 Å². The Labute approximate surface area is 128 Å². The van der Waals surface area contributed by atoms with E-state index in [1.807, 2.05) is 13.8 Å². The molecule has 1 fully saturated rings. The molecule has 1 aliphatic heterocycles. The first-order chi connectivity index (χ1) is 10.1. The lowest BCUT2D eigenvalue weighted by Crippen LogP contribution is -2.36. The molecule has 4 heteroatoms. The van der Waals surface area contributed by atoms with Crippen LogP contribution in [-0.4, -0.2) is 37.8 Å². The van der Waals surface area contributed by atoms with E-state index in [1.165, 1.54) is 5.56 Å². The van der Waals surface area contributed by atoms with Crippen molar-refractivity contribution in [3.8, 4) is 5.75 Å². The Morgan fingerprint density at radius 3 is 2.71 bits per heavy atom. The Balaban J connectivity index is 2.13. The van der Waals surface area contributed by atoms with E-state index in [2.05, 4.69) is 30.1 Å². The lowest BCUT2D eigenvalue weighted by Gasteiger charge is -2.31. The Morgan fingerprint density at radius 2 is 2.10 bits per heavy atom.